The summed E-state index contributed by atoms with van der Waals surface area (Å²) in [4.78, 5) is 25.6. The number of hydrogen-bond acceptors (Lipinski definition) is 6. The Bertz CT molecular complexity index is 389. The molecule has 0 fully saturated rings. The van der Waals surface area contributed by atoms with Crippen molar-refractivity contribution in [3.63, 3.8) is 0 Å². The Labute approximate surface area is 123 Å². The fourth-order valence-corrected chi connectivity index (χ4v) is 1.45. The molecule has 0 rings (SSSR count). The number of hydrogen-bond donors (Lipinski definition) is 3. The van der Waals surface area contributed by atoms with Gasteiger partial charge < -0.3 is 25.4 Å². The van der Waals surface area contributed by atoms with Crippen LogP contribution >= 0.6 is 0 Å². The van der Waals surface area contributed by atoms with Crippen LogP contribution in [0.1, 0.15) is 40.5 Å². The number of nitrogens with one attached hydrogen (secondary N) is 1. The number of aliphatic imine (C=N–C) groups is 1. The van der Waals surface area contributed by atoms with Crippen molar-refractivity contribution in [1.29, 1.82) is 0 Å². The first-order valence-electron chi connectivity index (χ1n) is 6.68. The van der Waals surface area contributed by atoms with E-state index in [1.54, 1.807) is 27.7 Å². The van der Waals surface area contributed by atoms with E-state index in [-0.39, 0.29) is 0 Å². The Morgan fingerprint density at radius 2 is 1.95 bits per heavy atom. The van der Waals surface area contributed by atoms with E-state index in [0.717, 1.165) is 0 Å². The number of aliphatic hydroxyl groups excluding tert-OH is 1. The Balaban J connectivity index is 4.83. The second kappa shape index (κ2) is 8.46. The molecule has 0 saturated heterocycles. The molecule has 0 aromatic heterocycles. The van der Waals surface area contributed by atoms with Gasteiger partial charge >= 0.3 is 5.97 Å². The van der Waals surface area contributed by atoms with Gasteiger partial charge in [-0.25, -0.2) is 0 Å². The average Bonchev–Trinajstić information content (AvgIpc) is 2.32. The van der Waals surface area contributed by atoms with Crippen LogP contribution in [0.3, 0.4) is 0 Å². The van der Waals surface area contributed by atoms with Crippen LogP contribution in [-0.4, -0.2) is 52.5 Å². The summed E-state index contributed by atoms with van der Waals surface area (Å²) in [6, 6.07) is -0.973. The molecular formula is C13H23N2O6-. The van der Waals surface area contributed by atoms with Gasteiger partial charge in [-0.15, -0.1) is 0 Å². The van der Waals surface area contributed by atoms with Crippen molar-refractivity contribution in [2.24, 2.45) is 4.99 Å². The molecule has 0 aliphatic rings. The summed E-state index contributed by atoms with van der Waals surface area (Å²) in [5.41, 5.74) is -0.728. The molecule has 0 aromatic carbocycles. The lowest BCUT2D eigenvalue weighted by atomic mass is 10.1. The molecule has 2 atom stereocenters. The molecule has 3 N–H and O–H groups in total. The maximum absolute atomic E-state index is 11.6. The maximum Gasteiger partial charge on any atom is 0.322 e. The first-order chi connectivity index (χ1) is 9.56. The molecule has 0 aliphatic carbocycles. The van der Waals surface area contributed by atoms with E-state index in [0.29, 0.717) is 12.8 Å². The van der Waals surface area contributed by atoms with Gasteiger partial charge in [0.2, 0.25) is 0 Å². The maximum atomic E-state index is 11.6. The zero-order valence-electron chi connectivity index (χ0n) is 12.8. The lowest BCUT2D eigenvalue weighted by Crippen LogP contribution is -2.44. The van der Waals surface area contributed by atoms with E-state index in [1.165, 1.54) is 0 Å². The van der Waals surface area contributed by atoms with Crippen LogP contribution in [0.4, 0.5) is 0 Å². The number of amides is 1. The van der Waals surface area contributed by atoms with Crippen LogP contribution in [0.5, 0.6) is 0 Å². The summed E-state index contributed by atoms with van der Waals surface area (Å²) >= 11 is 0. The van der Waals surface area contributed by atoms with Crippen LogP contribution in [-0.2, 0) is 14.3 Å². The van der Waals surface area contributed by atoms with E-state index in [9.17, 15) is 19.8 Å². The smallest absolute Gasteiger partial charge is 0.322 e. The molecule has 8 heteroatoms. The zero-order chi connectivity index (χ0) is 16.6. The molecule has 0 saturated carbocycles. The van der Waals surface area contributed by atoms with Crippen LogP contribution in [0.25, 0.3) is 0 Å². The molecule has 0 heterocycles. The molecule has 21 heavy (non-hydrogen) atoms. The molecule has 1 amide bonds. The number of carbonyl (C=O) groups excluding carboxylic acids is 1. The first kappa shape index (κ1) is 19.2. The third-order valence-electron chi connectivity index (χ3n) is 2.30. The quantitative estimate of drug-likeness (QED) is 0.419. The topological polar surface area (TPSA) is 131 Å². The van der Waals surface area contributed by atoms with Crippen molar-refractivity contribution in [2.45, 2.75) is 58.3 Å². The SMILES string of the molecule is CCC[C@H](N=C([O-])OC(C)(C)C)C(O)C(=O)NCC(=O)O. The fraction of sp³-hybridized carbons (Fsp3) is 0.769. The predicted molar refractivity (Wildman–Crippen MR) is 73.6 cm³/mol. The van der Waals surface area contributed by atoms with Gasteiger partial charge in [-0.05, 0) is 6.42 Å². The van der Waals surface area contributed by atoms with Crippen molar-refractivity contribution in [3.05, 3.63) is 0 Å². The van der Waals surface area contributed by atoms with Gasteiger partial charge in [0.15, 0.2) is 6.10 Å². The van der Waals surface area contributed by atoms with Crippen LogP contribution < -0.4 is 10.4 Å². The van der Waals surface area contributed by atoms with Crippen LogP contribution in [0.2, 0.25) is 0 Å². The summed E-state index contributed by atoms with van der Waals surface area (Å²) in [7, 11) is 0. The summed E-state index contributed by atoms with van der Waals surface area (Å²) in [5, 5.41) is 32.0. The normalized spacial score (nSPS) is 15.2. The van der Waals surface area contributed by atoms with Crippen molar-refractivity contribution in [1.82, 2.24) is 5.32 Å². The van der Waals surface area contributed by atoms with Gasteiger partial charge in [-0.2, -0.15) is 0 Å². The highest BCUT2D eigenvalue weighted by molar-refractivity contribution is 5.85. The van der Waals surface area contributed by atoms with Gasteiger partial charge in [0.1, 0.15) is 12.6 Å². The standard InChI is InChI=1S/C13H24N2O6/c1-5-6-8(15-12(20)21-13(2,3)4)10(18)11(19)14-7-9(16)17/h8,10,18H,5-7H2,1-4H3,(H,14,19)(H,15,20)(H,16,17)/p-1/t8-,10?/m0/s1. The van der Waals surface area contributed by atoms with Crippen LogP contribution in [0.15, 0.2) is 4.99 Å². The molecule has 0 aromatic rings. The average molecular weight is 303 g/mol. The van der Waals surface area contributed by atoms with Gasteiger partial charge in [0, 0.05) is 5.60 Å². The largest absolute Gasteiger partial charge is 0.595 e. The van der Waals surface area contributed by atoms with E-state index in [2.05, 4.69) is 4.99 Å². The molecule has 0 bridgehead atoms. The molecule has 1 unspecified atom stereocenters. The lowest BCUT2D eigenvalue weighted by Gasteiger charge is -2.30. The predicted octanol–water partition coefficient (Wildman–Crippen LogP) is -0.752. The minimum absolute atomic E-state index is 0.293. The Morgan fingerprint density at radius 1 is 1.38 bits per heavy atom. The molecular weight excluding hydrogens is 280 g/mol. The van der Waals surface area contributed by atoms with Gasteiger partial charge in [0.05, 0.1) is 6.04 Å². The Kier molecular flexibility index (Phi) is 7.72. The van der Waals surface area contributed by atoms with Crippen molar-refractivity contribution >= 4 is 18.0 Å². The molecule has 0 aliphatic heterocycles. The minimum Gasteiger partial charge on any atom is -0.595 e. The third kappa shape index (κ3) is 8.85. The minimum atomic E-state index is -1.60. The van der Waals surface area contributed by atoms with Crippen molar-refractivity contribution < 1.29 is 29.6 Å². The van der Waals surface area contributed by atoms with E-state index in [1.807, 2.05) is 5.32 Å². The third-order valence-corrected chi connectivity index (χ3v) is 2.30. The first-order valence-corrected chi connectivity index (χ1v) is 6.68. The number of nitrogens with zero attached hydrogens (tertiary/aromatic N) is 1. The van der Waals surface area contributed by atoms with E-state index in [4.69, 9.17) is 9.84 Å². The van der Waals surface area contributed by atoms with Crippen molar-refractivity contribution in [3.8, 4) is 0 Å². The van der Waals surface area contributed by atoms with E-state index >= 15 is 0 Å². The second-order valence-electron chi connectivity index (χ2n) is 5.52. The number of aliphatic carboxylic acids is 1. The monoisotopic (exact) mass is 303 g/mol. The number of carboxylic acids is 1. The molecule has 0 spiro atoms. The molecule has 0 radical (unpaired) electrons. The summed E-state index contributed by atoms with van der Waals surface area (Å²) in [6.45, 7) is 6.21. The Hall–Kier alpha value is -1.83. The Morgan fingerprint density at radius 3 is 2.38 bits per heavy atom. The van der Waals surface area contributed by atoms with Gasteiger partial charge in [-0.3, -0.25) is 14.6 Å². The highest BCUT2D eigenvalue weighted by atomic mass is 16.6. The lowest BCUT2D eigenvalue weighted by molar-refractivity contribution is -0.261. The van der Waals surface area contributed by atoms with Gasteiger partial charge in [0.25, 0.3) is 5.91 Å². The van der Waals surface area contributed by atoms with E-state index < -0.39 is 42.3 Å². The number of ether oxygens (including phenoxy) is 1. The number of carbonyl (C=O) groups is 2. The number of rotatable bonds is 7. The number of aliphatic hydroxyl groups is 1. The van der Waals surface area contributed by atoms with Crippen molar-refractivity contribution in [2.75, 3.05) is 6.54 Å². The summed E-state index contributed by atoms with van der Waals surface area (Å²) < 4.78 is 5.00. The zero-order valence-corrected chi connectivity index (χ0v) is 12.8. The van der Waals surface area contributed by atoms with Gasteiger partial charge in [-0.1, -0.05) is 34.1 Å². The fourth-order valence-electron chi connectivity index (χ4n) is 1.45. The molecule has 122 valence electrons. The number of carboxylic acid groups (broad SMARTS) is 1. The molecule has 8 nitrogen and oxygen atoms in total. The highest BCUT2D eigenvalue weighted by Crippen LogP contribution is 2.11. The second-order valence-corrected chi connectivity index (χ2v) is 5.52. The highest BCUT2D eigenvalue weighted by Gasteiger charge is 2.25. The van der Waals surface area contributed by atoms with Crippen LogP contribution in [0, 0.1) is 0 Å². The summed E-state index contributed by atoms with van der Waals surface area (Å²) in [6.07, 6.45) is -1.59. The summed E-state index contributed by atoms with van der Waals surface area (Å²) in [5.74, 6) is -2.12.